The monoisotopic (exact) mass is 390 g/mol. The summed E-state index contributed by atoms with van der Waals surface area (Å²) in [5, 5.41) is 3.02. The van der Waals surface area contributed by atoms with Crippen molar-refractivity contribution in [2.24, 2.45) is 0 Å². The molecule has 0 saturated carbocycles. The number of imidazole rings is 1. The lowest BCUT2D eigenvalue weighted by Crippen LogP contribution is -2.41. The lowest BCUT2D eigenvalue weighted by atomic mass is 9.90. The molecule has 6 nitrogen and oxygen atoms in total. The van der Waals surface area contributed by atoms with Crippen LogP contribution in [0.1, 0.15) is 36.9 Å². The Balaban J connectivity index is 1.33. The van der Waals surface area contributed by atoms with Gasteiger partial charge in [-0.15, -0.1) is 0 Å². The molecule has 150 valence electrons. The third-order valence-electron chi connectivity index (χ3n) is 5.62. The van der Waals surface area contributed by atoms with Gasteiger partial charge in [0.2, 0.25) is 11.8 Å². The summed E-state index contributed by atoms with van der Waals surface area (Å²) in [6.07, 6.45) is 3.80. The first-order valence-corrected chi connectivity index (χ1v) is 10.1. The average Bonchev–Trinajstić information content (AvgIpc) is 3.14. The number of rotatable bonds is 6. The van der Waals surface area contributed by atoms with E-state index < -0.39 is 0 Å². The van der Waals surface area contributed by atoms with Crippen molar-refractivity contribution in [3.63, 3.8) is 0 Å². The predicted octanol–water partition coefficient (Wildman–Crippen LogP) is 3.08. The van der Waals surface area contributed by atoms with Gasteiger partial charge in [0.25, 0.3) is 0 Å². The van der Waals surface area contributed by atoms with Crippen LogP contribution in [0.3, 0.4) is 0 Å². The molecule has 0 aliphatic carbocycles. The third kappa shape index (κ3) is 4.16. The molecule has 1 aliphatic heterocycles. The van der Waals surface area contributed by atoms with Gasteiger partial charge in [-0.3, -0.25) is 9.59 Å². The zero-order valence-corrected chi connectivity index (χ0v) is 16.7. The largest absolute Gasteiger partial charge is 0.356 e. The molecule has 0 bridgehead atoms. The Bertz CT molecular complexity index is 1030. The Hall–Kier alpha value is -3.15. The highest BCUT2D eigenvalue weighted by Gasteiger charge is 2.30. The summed E-state index contributed by atoms with van der Waals surface area (Å²) >= 11 is 0. The van der Waals surface area contributed by atoms with Crippen LogP contribution in [0.25, 0.3) is 11.0 Å². The topological polar surface area (TPSA) is 67.2 Å². The van der Waals surface area contributed by atoms with Crippen LogP contribution in [-0.2, 0) is 22.6 Å². The minimum absolute atomic E-state index is 0.0179. The van der Waals surface area contributed by atoms with Gasteiger partial charge in [-0.1, -0.05) is 36.4 Å². The average molecular weight is 390 g/mol. The number of aromatic nitrogens is 2. The maximum Gasteiger partial charge on any atom is 0.222 e. The summed E-state index contributed by atoms with van der Waals surface area (Å²) in [4.78, 5) is 30.9. The molecule has 0 spiro atoms. The van der Waals surface area contributed by atoms with E-state index in [-0.39, 0.29) is 17.9 Å². The van der Waals surface area contributed by atoms with E-state index >= 15 is 0 Å². The Morgan fingerprint density at radius 3 is 2.79 bits per heavy atom. The van der Waals surface area contributed by atoms with Crippen molar-refractivity contribution in [1.82, 2.24) is 19.8 Å². The van der Waals surface area contributed by atoms with Gasteiger partial charge in [0, 0.05) is 26.6 Å². The molecule has 6 heteroatoms. The molecule has 1 unspecified atom stereocenters. The summed E-state index contributed by atoms with van der Waals surface area (Å²) in [5.74, 6) is -0.00210. The highest BCUT2D eigenvalue weighted by atomic mass is 16.2. The van der Waals surface area contributed by atoms with E-state index in [0.717, 1.165) is 36.0 Å². The van der Waals surface area contributed by atoms with E-state index in [9.17, 15) is 9.59 Å². The second kappa shape index (κ2) is 8.47. The van der Waals surface area contributed by atoms with Gasteiger partial charge >= 0.3 is 0 Å². The molecule has 1 aromatic heterocycles. The normalized spacial score (nSPS) is 15.9. The second-order valence-corrected chi connectivity index (χ2v) is 7.51. The first-order chi connectivity index (χ1) is 14.1. The third-order valence-corrected chi connectivity index (χ3v) is 5.62. The standard InChI is InChI=1S/C23H26N4O2/c1-17(28)27-14-11-18-7-2-3-8-19(18)22(27)15-23(29)24-12-6-13-26-16-25-20-9-4-5-10-21(20)26/h2-5,7-10,16,22H,6,11-15H2,1H3,(H,24,29). The van der Waals surface area contributed by atoms with E-state index in [1.807, 2.05) is 47.6 Å². The van der Waals surface area contributed by atoms with Crippen molar-refractivity contribution in [1.29, 1.82) is 0 Å². The summed E-state index contributed by atoms with van der Waals surface area (Å²) in [6, 6.07) is 16.0. The first-order valence-electron chi connectivity index (χ1n) is 10.1. The fourth-order valence-corrected chi connectivity index (χ4v) is 4.16. The zero-order chi connectivity index (χ0) is 20.2. The molecule has 0 radical (unpaired) electrons. The molecular weight excluding hydrogens is 364 g/mol. The SMILES string of the molecule is CC(=O)N1CCc2ccccc2C1CC(=O)NCCCn1cnc2ccccc21. The molecule has 1 N–H and O–H groups in total. The minimum Gasteiger partial charge on any atom is -0.356 e. The van der Waals surface area contributed by atoms with E-state index in [2.05, 4.69) is 27.0 Å². The number of benzene rings is 2. The molecular formula is C23H26N4O2. The molecule has 1 aliphatic rings. The van der Waals surface area contributed by atoms with Crippen LogP contribution in [0.15, 0.2) is 54.9 Å². The maximum atomic E-state index is 12.6. The van der Waals surface area contributed by atoms with Crippen molar-refractivity contribution in [3.8, 4) is 0 Å². The van der Waals surface area contributed by atoms with Crippen molar-refractivity contribution >= 4 is 22.8 Å². The number of hydrogen-bond donors (Lipinski definition) is 1. The van der Waals surface area contributed by atoms with Gasteiger partial charge in [0.05, 0.1) is 29.8 Å². The smallest absolute Gasteiger partial charge is 0.222 e. The van der Waals surface area contributed by atoms with Gasteiger partial charge in [-0.2, -0.15) is 0 Å². The van der Waals surface area contributed by atoms with Crippen LogP contribution in [0, 0.1) is 0 Å². The Morgan fingerprint density at radius 2 is 1.93 bits per heavy atom. The number of carbonyl (C=O) groups is 2. The quantitative estimate of drug-likeness (QED) is 0.658. The van der Waals surface area contributed by atoms with E-state index in [1.54, 1.807) is 6.92 Å². The number of nitrogens with one attached hydrogen (secondary N) is 1. The van der Waals surface area contributed by atoms with Crippen LogP contribution in [0.2, 0.25) is 0 Å². The molecule has 0 fully saturated rings. The highest BCUT2D eigenvalue weighted by Crippen LogP contribution is 2.32. The lowest BCUT2D eigenvalue weighted by molar-refractivity contribution is -0.133. The Morgan fingerprint density at radius 1 is 1.14 bits per heavy atom. The summed E-state index contributed by atoms with van der Waals surface area (Å²) in [5.41, 5.74) is 4.41. The van der Waals surface area contributed by atoms with Crippen molar-refractivity contribution in [3.05, 3.63) is 66.0 Å². The number of fused-ring (bicyclic) bond motifs is 2. The summed E-state index contributed by atoms with van der Waals surface area (Å²) in [7, 11) is 0. The second-order valence-electron chi connectivity index (χ2n) is 7.51. The highest BCUT2D eigenvalue weighted by molar-refractivity contribution is 5.79. The first kappa shape index (κ1) is 19.2. The molecule has 2 aromatic carbocycles. The van der Waals surface area contributed by atoms with Gasteiger partial charge in [-0.25, -0.2) is 4.98 Å². The maximum absolute atomic E-state index is 12.6. The van der Waals surface area contributed by atoms with Crippen molar-refractivity contribution in [2.45, 2.75) is 38.8 Å². The van der Waals surface area contributed by atoms with Gasteiger partial charge in [0.1, 0.15) is 0 Å². The number of aryl methyl sites for hydroxylation is 1. The molecule has 0 saturated heterocycles. The van der Waals surface area contributed by atoms with E-state index in [4.69, 9.17) is 0 Å². The van der Waals surface area contributed by atoms with Crippen LogP contribution in [0.4, 0.5) is 0 Å². The molecule has 3 aromatic rings. The summed E-state index contributed by atoms with van der Waals surface area (Å²) < 4.78 is 2.11. The van der Waals surface area contributed by atoms with Crippen LogP contribution in [-0.4, -0.2) is 39.4 Å². The van der Waals surface area contributed by atoms with Crippen LogP contribution in [0.5, 0.6) is 0 Å². The molecule has 29 heavy (non-hydrogen) atoms. The molecule has 4 rings (SSSR count). The number of para-hydroxylation sites is 2. The van der Waals surface area contributed by atoms with Gasteiger partial charge < -0.3 is 14.8 Å². The number of hydrogen-bond acceptors (Lipinski definition) is 3. The van der Waals surface area contributed by atoms with Crippen molar-refractivity contribution < 1.29 is 9.59 Å². The van der Waals surface area contributed by atoms with Crippen molar-refractivity contribution in [2.75, 3.05) is 13.1 Å². The number of carbonyl (C=O) groups excluding carboxylic acids is 2. The van der Waals surface area contributed by atoms with Crippen LogP contribution >= 0.6 is 0 Å². The van der Waals surface area contributed by atoms with E-state index in [0.29, 0.717) is 19.5 Å². The molecule has 2 amide bonds. The Kier molecular flexibility index (Phi) is 5.60. The molecule has 2 heterocycles. The molecule has 1 atom stereocenters. The zero-order valence-electron chi connectivity index (χ0n) is 16.7. The number of nitrogens with zero attached hydrogens (tertiary/aromatic N) is 3. The minimum atomic E-state index is -0.185. The fraction of sp³-hybridized carbons (Fsp3) is 0.348. The fourth-order valence-electron chi connectivity index (χ4n) is 4.16. The van der Waals surface area contributed by atoms with E-state index in [1.165, 1.54) is 5.56 Å². The Labute approximate surface area is 170 Å². The lowest BCUT2D eigenvalue weighted by Gasteiger charge is -2.36. The summed E-state index contributed by atoms with van der Waals surface area (Å²) in [6.45, 7) is 3.64. The predicted molar refractivity (Wildman–Crippen MR) is 112 cm³/mol. The van der Waals surface area contributed by atoms with Crippen LogP contribution < -0.4 is 5.32 Å². The number of amides is 2. The van der Waals surface area contributed by atoms with Gasteiger partial charge in [-0.05, 0) is 36.1 Å². The van der Waals surface area contributed by atoms with Gasteiger partial charge in [0.15, 0.2) is 0 Å².